The number of nitrogens with one attached hydrogen (secondary N) is 1. The molecule has 0 spiro atoms. The van der Waals surface area contributed by atoms with E-state index in [1.165, 1.54) is 4.90 Å². The number of amides is 2. The van der Waals surface area contributed by atoms with E-state index < -0.39 is 23.7 Å². The first-order valence-electron chi connectivity index (χ1n) is 12.6. The zero-order valence-electron chi connectivity index (χ0n) is 20.9. The number of carbonyl (C=O) groups is 2. The SMILES string of the molecule is C#CCC[C@H](c1cccc(C(=O)N[C@@H]2c3ccccc3C[C@H]2O)c1)N1C(=O)CC(CC)(CC)N=C1N. The van der Waals surface area contributed by atoms with E-state index in [4.69, 9.17) is 17.1 Å². The molecule has 4 rings (SSSR count). The van der Waals surface area contributed by atoms with Gasteiger partial charge in [-0.3, -0.25) is 14.5 Å². The van der Waals surface area contributed by atoms with Gasteiger partial charge >= 0.3 is 0 Å². The third-order valence-electron chi connectivity index (χ3n) is 7.56. The first kappa shape index (κ1) is 25.5. The van der Waals surface area contributed by atoms with Crippen LogP contribution in [0.4, 0.5) is 0 Å². The van der Waals surface area contributed by atoms with Crippen molar-refractivity contribution in [2.75, 3.05) is 0 Å². The fraction of sp³-hybridized carbons (Fsp3) is 0.414. The number of guanidine groups is 1. The van der Waals surface area contributed by atoms with Gasteiger partial charge in [-0.25, -0.2) is 4.99 Å². The molecular formula is C29H34N4O3. The standard InChI is InChI=1S/C29H34N4O3/c1-4-7-15-23(33-25(35)18-29(5-2,6-3)32-28(33)30)20-12-10-13-21(16-20)27(36)31-26-22-14-9-8-11-19(22)17-24(26)34/h1,8-14,16,23-24,26,34H,5-7,15,17-18H2,2-3H3,(H2,30,32)(H,31,36)/t23-,24-,26-/m1/s1. The molecule has 2 amide bonds. The van der Waals surface area contributed by atoms with Gasteiger partial charge in [0.1, 0.15) is 0 Å². The topological polar surface area (TPSA) is 108 Å². The maximum atomic E-state index is 13.3. The molecule has 7 heteroatoms. The number of hydrogen-bond donors (Lipinski definition) is 3. The zero-order chi connectivity index (χ0) is 25.9. The van der Waals surface area contributed by atoms with Crippen LogP contribution in [0, 0.1) is 12.3 Å². The lowest BCUT2D eigenvalue weighted by molar-refractivity contribution is -0.131. The molecule has 4 N–H and O–H groups in total. The first-order valence-corrected chi connectivity index (χ1v) is 12.6. The number of aliphatic hydroxyl groups is 1. The molecule has 36 heavy (non-hydrogen) atoms. The largest absolute Gasteiger partial charge is 0.390 e. The van der Waals surface area contributed by atoms with Gasteiger partial charge in [-0.15, -0.1) is 12.3 Å². The van der Waals surface area contributed by atoms with Gasteiger partial charge in [-0.2, -0.15) is 0 Å². The van der Waals surface area contributed by atoms with Gasteiger partial charge in [0.15, 0.2) is 5.96 Å². The fourth-order valence-electron chi connectivity index (χ4n) is 5.35. The Morgan fingerprint density at radius 3 is 2.72 bits per heavy atom. The van der Waals surface area contributed by atoms with Crippen molar-refractivity contribution in [3.63, 3.8) is 0 Å². The normalized spacial score (nSPS) is 21.3. The molecule has 1 aliphatic heterocycles. The van der Waals surface area contributed by atoms with Crippen LogP contribution in [0.2, 0.25) is 0 Å². The predicted octanol–water partition coefficient (Wildman–Crippen LogP) is 3.64. The molecular weight excluding hydrogens is 452 g/mol. The highest BCUT2D eigenvalue weighted by atomic mass is 16.3. The van der Waals surface area contributed by atoms with Gasteiger partial charge in [-0.05, 0) is 48.1 Å². The van der Waals surface area contributed by atoms with Gasteiger partial charge in [0.2, 0.25) is 5.91 Å². The molecule has 0 radical (unpaired) electrons. The van der Waals surface area contributed by atoms with Crippen LogP contribution in [0.5, 0.6) is 0 Å². The summed E-state index contributed by atoms with van der Waals surface area (Å²) < 4.78 is 0. The van der Waals surface area contributed by atoms with E-state index in [9.17, 15) is 14.7 Å². The molecule has 1 aliphatic carbocycles. The predicted molar refractivity (Wildman–Crippen MR) is 140 cm³/mol. The highest BCUT2D eigenvalue weighted by Crippen LogP contribution is 2.35. The summed E-state index contributed by atoms with van der Waals surface area (Å²) in [5.74, 6) is 2.46. The summed E-state index contributed by atoms with van der Waals surface area (Å²) in [5.41, 5.74) is 9.05. The second-order valence-corrected chi connectivity index (χ2v) is 9.65. The Morgan fingerprint density at radius 2 is 2.03 bits per heavy atom. The van der Waals surface area contributed by atoms with Crippen LogP contribution in [0.15, 0.2) is 53.5 Å². The summed E-state index contributed by atoms with van der Waals surface area (Å²) in [6.07, 6.45) is 8.05. The Kier molecular flexibility index (Phi) is 7.46. The van der Waals surface area contributed by atoms with Gasteiger partial charge in [0, 0.05) is 18.4 Å². The van der Waals surface area contributed by atoms with Gasteiger partial charge in [0.25, 0.3) is 5.91 Å². The molecule has 0 saturated carbocycles. The molecule has 2 aliphatic rings. The number of aliphatic imine (C=N–C) groups is 1. The Labute approximate surface area is 212 Å². The second kappa shape index (κ2) is 10.5. The van der Waals surface area contributed by atoms with E-state index in [-0.39, 0.29) is 24.2 Å². The maximum absolute atomic E-state index is 13.3. The van der Waals surface area contributed by atoms with E-state index in [2.05, 4.69) is 11.2 Å². The van der Waals surface area contributed by atoms with Crippen molar-refractivity contribution in [3.8, 4) is 12.3 Å². The monoisotopic (exact) mass is 486 g/mol. The van der Waals surface area contributed by atoms with Gasteiger partial charge < -0.3 is 16.2 Å². The van der Waals surface area contributed by atoms with Crippen LogP contribution >= 0.6 is 0 Å². The van der Waals surface area contributed by atoms with Crippen molar-refractivity contribution in [2.24, 2.45) is 10.7 Å². The lowest BCUT2D eigenvalue weighted by Crippen LogP contribution is -2.52. The quantitative estimate of drug-likeness (QED) is 0.495. The average Bonchev–Trinajstić information content (AvgIpc) is 3.20. The molecule has 3 atom stereocenters. The van der Waals surface area contributed by atoms with E-state index >= 15 is 0 Å². The summed E-state index contributed by atoms with van der Waals surface area (Å²) in [6, 6.07) is 14.0. The van der Waals surface area contributed by atoms with Crippen LogP contribution in [-0.2, 0) is 11.2 Å². The molecule has 2 aromatic rings. The number of benzene rings is 2. The molecule has 0 bridgehead atoms. The summed E-state index contributed by atoms with van der Waals surface area (Å²) in [4.78, 5) is 32.8. The minimum Gasteiger partial charge on any atom is -0.390 e. The van der Waals surface area contributed by atoms with Crippen LogP contribution in [-0.4, -0.2) is 39.4 Å². The molecule has 1 heterocycles. The zero-order valence-corrected chi connectivity index (χ0v) is 20.9. The van der Waals surface area contributed by atoms with Crippen molar-refractivity contribution in [1.82, 2.24) is 10.2 Å². The van der Waals surface area contributed by atoms with Crippen molar-refractivity contribution in [2.45, 2.75) is 76.1 Å². The van der Waals surface area contributed by atoms with E-state index in [0.717, 1.165) is 29.5 Å². The Bertz CT molecular complexity index is 1210. The number of fused-ring (bicyclic) bond motifs is 1. The van der Waals surface area contributed by atoms with Crippen LogP contribution in [0.3, 0.4) is 0 Å². The lowest BCUT2D eigenvalue weighted by Gasteiger charge is -2.40. The molecule has 0 aromatic heterocycles. The van der Waals surface area contributed by atoms with E-state index in [0.29, 0.717) is 24.8 Å². The minimum atomic E-state index is -0.683. The maximum Gasteiger partial charge on any atom is 0.251 e. The van der Waals surface area contributed by atoms with Gasteiger partial charge in [-0.1, -0.05) is 50.2 Å². The van der Waals surface area contributed by atoms with Crippen molar-refractivity contribution >= 4 is 17.8 Å². The minimum absolute atomic E-state index is 0.0891. The third kappa shape index (κ3) is 4.87. The third-order valence-corrected chi connectivity index (χ3v) is 7.56. The van der Waals surface area contributed by atoms with Crippen LogP contribution in [0.1, 0.15) is 85.1 Å². The Hall–Kier alpha value is -3.63. The van der Waals surface area contributed by atoms with Crippen molar-refractivity contribution in [3.05, 3.63) is 70.8 Å². The molecule has 0 saturated heterocycles. The Balaban J connectivity index is 1.62. The highest BCUT2D eigenvalue weighted by Gasteiger charge is 2.40. The molecule has 188 valence electrons. The van der Waals surface area contributed by atoms with Crippen LogP contribution < -0.4 is 11.1 Å². The molecule has 0 fully saturated rings. The molecule has 7 nitrogen and oxygen atoms in total. The number of nitrogens with two attached hydrogens (primary N) is 1. The lowest BCUT2D eigenvalue weighted by atomic mass is 9.87. The number of aliphatic hydroxyl groups excluding tert-OH is 1. The highest BCUT2D eigenvalue weighted by molar-refractivity contribution is 6.00. The van der Waals surface area contributed by atoms with Crippen molar-refractivity contribution < 1.29 is 14.7 Å². The molecule has 0 unspecified atom stereocenters. The first-order chi connectivity index (χ1) is 17.3. The smallest absolute Gasteiger partial charge is 0.251 e. The number of rotatable bonds is 8. The molecule has 2 aromatic carbocycles. The van der Waals surface area contributed by atoms with Crippen LogP contribution in [0.25, 0.3) is 0 Å². The number of terminal acetylenes is 1. The van der Waals surface area contributed by atoms with Gasteiger partial charge in [0.05, 0.1) is 30.1 Å². The number of carbonyl (C=O) groups excluding carboxylic acids is 2. The summed E-state index contributed by atoms with van der Waals surface area (Å²) in [7, 11) is 0. The average molecular weight is 487 g/mol. The second-order valence-electron chi connectivity index (χ2n) is 9.65. The van der Waals surface area contributed by atoms with Crippen molar-refractivity contribution in [1.29, 1.82) is 0 Å². The number of hydrogen-bond acceptors (Lipinski definition) is 5. The summed E-state index contributed by atoms with van der Waals surface area (Å²) in [5, 5.41) is 13.5. The number of nitrogens with zero attached hydrogens (tertiary/aromatic N) is 2. The summed E-state index contributed by atoms with van der Waals surface area (Å²) in [6.45, 7) is 4.03. The Morgan fingerprint density at radius 1 is 1.28 bits per heavy atom. The van der Waals surface area contributed by atoms with E-state index in [1.54, 1.807) is 18.2 Å². The summed E-state index contributed by atoms with van der Waals surface area (Å²) >= 11 is 0. The van der Waals surface area contributed by atoms with E-state index in [1.807, 2.05) is 44.2 Å². The fourth-order valence-corrected chi connectivity index (χ4v) is 5.35.